The Kier molecular flexibility index (Phi) is 7.63. The van der Waals surface area contributed by atoms with Crippen molar-refractivity contribution in [1.82, 2.24) is 5.32 Å². The fourth-order valence-electron chi connectivity index (χ4n) is 3.27. The molecule has 0 fully saturated rings. The van der Waals surface area contributed by atoms with E-state index in [0.717, 1.165) is 24.3 Å². The number of anilines is 2. The summed E-state index contributed by atoms with van der Waals surface area (Å²) in [5, 5.41) is 7.68. The third-order valence-electron chi connectivity index (χ3n) is 4.91. The van der Waals surface area contributed by atoms with Crippen LogP contribution in [0.25, 0.3) is 0 Å². The summed E-state index contributed by atoms with van der Waals surface area (Å²) in [5.41, 5.74) is 2.81. The molecule has 2 amide bonds. The van der Waals surface area contributed by atoms with Crippen LogP contribution in [0, 0.1) is 0 Å². The Morgan fingerprint density at radius 3 is 2.23 bits per heavy atom. The van der Waals surface area contributed by atoms with Crippen molar-refractivity contribution >= 4 is 34.5 Å². The van der Waals surface area contributed by atoms with Gasteiger partial charge in [0.25, 0.3) is 5.91 Å². The lowest BCUT2D eigenvalue weighted by atomic mass is 10.0. The van der Waals surface area contributed by atoms with Gasteiger partial charge in [-0.2, -0.15) is 0 Å². The van der Waals surface area contributed by atoms with Gasteiger partial charge in [-0.1, -0.05) is 36.4 Å². The monoisotopic (exact) mass is 421 g/mol. The van der Waals surface area contributed by atoms with Crippen LogP contribution >= 0.6 is 11.3 Å². The van der Waals surface area contributed by atoms with E-state index in [1.807, 2.05) is 66.0 Å². The number of thiophene rings is 1. The molecule has 0 saturated carbocycles. The third kappa shape index (κ3) is 5.70. The number of amides is 2. The van der Waals surface area contributed by atoms with E-state index < -0.39 is 6.04 Å². The Bertz CT molecular complexity index is 936. The number of rotatable bonds is 9. The first-order valence-corrected chi connectivity index (χ1v) is 11.0. The predicted molar refractivity (Wildman–Crippen MR) is 124 cm³/mol. The number of hydrogen-bond donors (Lipinski definition) is 2. The molecule has 2 aromatic carbocycles. The molecule has 3 aromatic rings. The van der Waals surface area contributed by atoms with Gasteiger partial charge in [-0.15, -0.1) is 11.3 Å². The van der Waals surface area contributed by atoms with Crippen LogP contribution in [0.5, 0.6) is 0 Å². The minimum absolute atomic E-state index is 0.237. The second-order valence-corrected chi connectivity index (χ2v) is 7.85. The molecule has 0 spiro atoms. The van der Waals surface area contributed by atoms with Gasteiger partial charge < -0.3 is 15.5 Å². The highest BCUT2D eigenvalue weighted by Gasteiger charge is 2.22. The molecule has 156 valence electrons. The zero-order valence-electron chi connectivity index (χ0n) is 17.3. The van der Waals surface area contributed by atoms with Crippen molar-refractivity contribution in [3.05, 3.63) is 82.6 Å². The van der Waals surface area contributed by atoms with Gasteiger partial charge in [0, 0.05) is 30.9 Å². The van der Waals surface area contributed by atoms with Crippen molar-refractivity contribution < 1.29 is 9.59 Å². The first kappa shape index (κ1) is 21.6. The third-order valence-corrected chi connectivity index (χ3v) is 5.78. The van der Waals surface area contributed by atoms with Crippen molar-refractivity contribution in [1.29, 1.82) is 0 Å². The molecule has 6 heteroatoms. The average Bonchev–Trinajstić information content (AvgIpc) is 3.31. The van der Waals surface area contributed by atoms with Crippen molar-refractivity contribution in [2.75, 3.05) is 23.3 Å². The highest BCUT2D eigenvalue weighted by atomic mass is 32.1. The first-order chi connectivity index (χ1) is 14.6. The maximum Gasteiger partial charge on any atom is 0.262 e. The fraction of sp³-hybridized carbons (Fsp3) is 0.250. The standard InChI is InChI=1S/C24H27N3O2S/c1-3-27(4-2)20-14-12-19(13-15-20)25-23(28)21(17-18-9-6-5-7-10-18)26-24(29)22-11-8-16-30-22/h5-16,21H,3-4,17H2,1-2H3,(H,25,28)(H,26,29)/t21-/m0/s1. The summed E-state index contributed by atoms with van der Waals surface area (Å²) in [6.07, 6.45) is 0.418. The Morgan fingerprint density at radius 1 is 0.933 bits per heavy atom. The van der Waals surface area contributed by atoms with Crippen LogP contribution in [0.15, 0.2) is 72.1 Å². The van der Waals surface area contributed by atoms with Gasteiger partial charge in [-0.25, -0.2) is 0 Å². The van der Waals surface area contributed by atoms with Gasteiger partial charge in [-0.05, 0) is 55.1 Å². The summed E-state index contributed by atoms with van der Waals surface area (Å²) in [7, 11) is 0. The molecule has 0 aliphatic rings. The predicted octanol–water partition coefficient (Wildman–Crippen LogP) is 4.57. The second-order valence-electron chi connectivity index (χ2n) is 6.90. The zero-order valence-corrected chi connectivity index (χ0v) is 18.1. The van der Waals surface area contributed by atoms with Crippen LogP contribution < -0.4 is 15.5 Å². The summed E-state index contributed by atoms with van der Waals surface area (Å²) >= 11 is 1.36. The highest BCUT2D eigenvalue weighted by molar-refractivity contribution is 7.12. The smallest absolute Gasteiger partial charge is 0.262 e. The number of nitrogens with one attached hydrogen (secondary N) is 2. The molecule has 3 rings (SSSR count). The van der Waals surface area contributed by atoms with Crippen molar-refractivity contribution in [2.45, 2.75) is 26.3 Å². The number of nitrogens with zero attached hydrogens (tertiary/aromatic N) is 1. The van der Waals surface area contributed by atoms with E-state index in [2.05, 4.69) is 29.4 Å². The van der Waals surface area contributed by atoms with Gasteiger partial charge in [-0.3, -0.25) is 9.59 Å². The Morgan fingerprint density at radius 2 is 1.63 bits per heavy atom. The lowest BCUT2D eigenvalue weighted by Gasteiger charge is -2.22. The molecule has 1 aromatic heterocycles. The van der Waals surface area contributed by atoms with Gasteiger partial charge in [0.15, 0.2) is 0 Å². The molecule has 0 bridgehead atoms. The van der Waals surface area contributed by atoms with Crippen LogP contribution in [0.4, 0.5) is 11.4 Å². The van der Waals surface area contributed by atoms with E-state index in [9.17, 15) is 9.59 Å². The first-order valence-electron chi connectivity index (χ1n) is 10.1. The molecule has 0 saturated heterocycles. The summed E-state index contributed by atoms with van der Waals surface area (Å²) in [5.74, 6) is -0.475. The number of carbonyl (C=O) groups excluding carboxylic acids is 2. The zero-order chi connectivity index (χ0) is 21.3. The minimum atomic E-state index is -0.676. The van der Waals surface area contributed by atoms with Crippen molar-refractivity contribution in [3.8, 4) is 0 Å². The molecule has 30 heavy (non-hydrogen) atoms. The van der Waals surface area contributed by atoms with E-state index in [1.165, 1.54) is 11.3 Å². The molecule has 5 nitrogen and oxygen atoms in total. The Labute approximate surface area is 181 Å². The molecule has 1 heterocycles. The van der Waals surface area contributed by atoms with Crippen molar-refractivity contribution in [2.24, 2.45) is 0 Å². The van der Waals surface area contributed by atoms with E-state index in [0.29, 0.717) is 17.0 Å². The SMILES string of the molecule is CCN(CC)c1ccc(NC(=O)[C@H](Cc2ccccc2)NC(=O)c2cccs2)cc1. The second kappa shape index (κ2) is 10.6. The molecular formula is C24H27N3O2S. The van der Waals surface area contributed by atoms with E-state index in [4.69, 9.17) is 0 Å². The largest absolute Gasteiger partial charge is 0.372 e. The highest BCUT2D eigenvalue weighted by Crippen LogP contribution is 2.18. The lowest BCUT2D eigenvalue weighted by Crippen LogP contribution is -2.45. The van der Waals surface area contributed by atoms with E-state index in [-0.39, 0.29) is 11.8 Å². The number of benzene rings is 2. The van der Waals surface area contributed by atoms with Gasteiger partial charge >= 0.3 is 0 Å². The maximum absolute atomic E-state index is 13.0. The lowest BCUT2D eigenvalue weighted by molar-refractivity contribution is -0.118. The van der Waals surface area contributed by atoms with Crippen LogP contribution in [-0.2, 0) is 11.2 Å². The quantitative estimate of drug-likeness (QED) is 0.532. The molecule has 0 radical (unpaired) electrons. The minimum Gasteiger partial charge on any atom is -0.372 e. The summed E-state index contributed by atoms with van der Waals surface area (Å²) in [6, 6.07) is 20.4. The topological polar surface area (TPSA) is 61.4 Å². The Hall–Kier alpha value is -3.12. The summed E-state index contributed by atoms with van der Waals surface area (Å²) in [4.78, 5) is 28.4. The molecule has 1 atom stereocenters. The van der Waals surface area contributed by atoms with Gasteiger partial charge in [0.2, 0.25) is 5.91 Å². The van der Waals surface area contributed by atoms with Crippen LogP contribution in [0.3, 0.4) is 0 Å². The normalized spacial score (nSPS) is 11.5. The molecule has 0 aliphatic heterocycles. The number of hydrogen-bond acceptors (Lipinski definition) is 4. The van der Waals surface area contributed by atoms with Gasteiger partial charge in [0.05, 0.1) is 4.88 Å². The van der Waals surface area contributed by atoms with Crippen LogP contribution in [0.1, 0.15) is 29.1 Å². The van der Waals surface area contributed by atoms with Gasteiger partial charge in [0.1, 0.15) is 6.04 Å². The molecule has 2 N–H and O–H groups in total. The maximum atomic E-state index is 13.0. The number of carbonyl (C=O) groups is 2. The van der Waals surface area contributed by atoms with Crippen LogP contribution in [-0.4, -0.2) is 30.9 Å². The average molecular weight is 422 g/mol. The Balaban J connectivity index is 1.73. The van der Waals surface area contributed by atoms with Crippen LogP contribution in [0.2, 0.25) is 0 Å². The molecule has 0 unspecified atom stereocenters. The summed E-state index contributed by atoms with van der Waals surface area (Å²) < 4.78 is 0. The molecular weight excluding hydrogens is 394 g/mol. The van der Waals surface area contributed by atoms with Crippen molar-refractivity contribution in [3.63, 3.8) is 0 Å². The van der Waals surface area contributed by atoms with E-state index in [1.54, 1.807) is 6.07 Å². The summed E-state index contributed by atoms with van der Waals surface area (Å²) in [6.45, 7) is 6.08. The fourth-order valence-corrected chi connectivity index (χ4v) is 3.90. The molecule has 0 aliphatic carbocycles. The van der Waals surface area contributed by atoms with E-state index >= 15 is 0 Å².